The van der Waals surface area contributed by atoms with Crippen LogP contribution < -0.4 is 5.32 Å². The van der Waals surface area contributed by atoms with Crippen molar-refractivity contribution in [2.24, 2.45) is 0 Å². The maximum atomic E-state index is 11.8. The van der Waals surface area contributed by atoms with Crippen LogP contribution in [0.1, 0.15) is 24.8 Å². The highest BCUT2D eigenvalue weighted by Crippen LogP contribution is 2.12. The number of benzene rings is 1. The number of nitrogens with one attached hydrogen (secondary N) is 1. The molecule has 0 saturated carbocycles. The predicted molar refractivity (Wildman–Crippen MR) is 84.7 cm³/mol. The van der Waals surface area contributed by atoms with Gasteiger partial charge in [-0.1, -0.05) is 30.3 Å². The van der Waals surface area contributed by atoms with Gasteiger partial charge >= 0.3 is 6.09 Å². The summed E-state index contributed by atoms with van der Waals surface area (Å²) < 4.78 is 5.22. The number of ether oxygens (including phenoxy) is 1. The molecule has 0 aromatic heterocycles. The summed E-state index contributed by atoms with van der Waals surface area (Å²) in [6.45, 7) is 1.58. The van der Waals surface area contributed by atoms with Crippen LogP contribution in [0.2, 0.25) is 0 Å². The predicted octanol–water partition coefficient (Wildman–Crippen LogP) is 2.53. The van der Waals surface area contributed by atoms with Gasteiger partial charge in [-0.05, 0) is 24.8 Å². The smallest absolute Gasteiger partial charge is 0.407 e. The van der Waals surface area contributed by atoms with Crippen molar-refractivity contribution in [1.82, 2.24) is 10.2 Å². The molecule has 0 aliphatic carbocycles. The van der Waals surface area contributed by atoms with Gasteiger partial charge in [-0.2, -0.15) is 0 Å². The van der Waals surface area contributed by atoms with Crippen LogP contribution >= 0.6 is 11.6 Å². The molecule has 6 heteroatoms. The van der Waals surface area contributed by atoms with E-state index >= 15 is 0 Å². The molecule has 22 heavy (non-hydrogen) atoms. The number of hydrogen-bond donors (Lipinski definition) is 1. The third-order valence-corrected chi connectivity index (χ3v) is 3.96. The van der Waals surface area contributed by atoms with Crippen LogP contribution in [0.4, 0.5) is 4.79 Å². The Hall–Kier alpha value is -1.75. The summed E-state index contributed by atoms with van der Waals surface area (Å²) in [5.74, 6) is -0.0361. The Labute approximate surface area is 135 Å². The second-order valence-electron chi connectivity index (χ2n) is 5.35. The third-order valence-electron chi connectivity index (χ3n) is 3.73. The minimum atomic E-state index is -0.411. The quantitative estimate of drug-likeness (QED) is 0.866. The maximum Gasteiger partial charge on any atom is 0.407 e. The lowest BCUT2D eigenvalue weighted by Crippen LogP contribution is -2.37. The second-order valence-corrected chi connectivity index (χ2v) is 5.62. The van der Waals surface area contributed by atoms with Gasteiger partial charge in [0.05, 0.1) is 0 Å². The van der Waals surface area contributed by atoms with Crippen LogP contribution in [0.3, 0.4) is 0 Å². The Bertz CT molecular complexity index is 495. The minimum absolute atomic E-state index is 0.0111. The van der Waals surface area contributed by atoms with Crippen LogP contribution in [0.5, 0.6) is 0 Å². The monoisotopic (exact) mass is 324 g/mol. The van der Waals surface area contributed by atoms with Gasteiger partial charge in [0.25, 0.3) is 0 Å². The molecular weight excluding hydrogens is 304 g/mol. The van der Waals surface area contributed by atoms with Gasteiger partial charge in [0.15, 0.2) is 0 Å². The number of halogens is 1. The Morgan fingerprint density at radius 2 is 2.00 bits per heavy atom. The molecule has 1 aromatic rings. The van der Waals surface area contributed by atoms with E-state index in [1.165, 1.54) is 0 Å². The number of nitrogens with zero attached hydrogens (tertiary/aromatic N) is 1. The van der Waals surface area contributed by atoms with Gasteiger partial charge in [-0.3, -0.25) is 4.79 Å². The molecule has 0 spiro atoms. The Balaban J connectivity index is 1.74. The van der Waals surface area contributed by atoms with Gasteiger partial charge in [0.1, 0.15) is 12.5 Å². The van der Waals surface area contributed by atoms with Crippen molar-refractivity contribution in [2.45, 2.75) is 31.9 Å². The number of carbonyl (C=O) groups excluding carboxylic acids is 2. The van der Waals surface area contributed by atoms with Crippen molar-refractivity contribution in [1.29, 1.82) is 0 Å². The molecule has 1 unspecified atom stereocenters. The van der Waals surface area contributed by atoms with Crippen LogP contribution in [0, 0.1) is 0 Å². The topological polar surface area (TPSA) is 58.6 Å². The normalized spacial score (nSPS) is 18.4. The van der Waals surface area contributed by atoms with Crippen LogP contribution in [-0.2, 0) is 16.1 Å². The molecule has 1 aliphatic rings. The lowest BCUT2D eigenvalue weighted by Gasteiger charge is -2.19. The number of hydrogen-bond acceptors (Lipinski definition) is 3. The first-order chi connectivity index (χ1) is 10.7. The van der Waals surface area contributed by atoms with Gasteiger partial charge < -0.3 is 15.0 Å². The summed E-state index contributed by atoms with van der Waals surface area (Å²) in [5, 5.41) is 2.87. The first-order valence-electron chi connectivity index (χ1n) is 7.50. The molecule has 1 fully saturated rings. The molecule has 1 heterocycles. The van der Waals surface area contributed by atoms with E-state index in [0.29, 0.717) is 13.1 Å². The van der Waals surface area contributed by atoms with Crippen molar-refractivity contribution < 1.29 is 14.3 Å². The summed E-state index contributed by atoms with van der Waals surface area (Å²) >= 11 is 5.58. The number of likely N-dealkylation sites (tertiary alicyclic amines) is 1. The Morgan fingerprint density at radius 1 is 1.23 bits per heavy atom. The van der Waals surface area contributed by atoms with Gasteiger partial charge in [0, 0.05) is 19.1 Å². The molecule has 2 amide bonds. The summed E-state index contributed by atoms with van der Waals surface area (Å²) in [6.07, 6.45) is 2.01. The fourth-order valence-corrected chi connectivity index (χ4v) is 2.68. The maximum absolute atomic E-state index is 11.8. The highest BCUT2D eigenvalue weighted by atomic mass is 35.5. The molecule has 5 nitrogen and oxygen atoms in total. The van der Waals surface area contributed by atoms with E-state index in [0.717, 1.165) is 24.8 Å². The van der Waals surface area contributed by atoms with Crippen molar-refractivity contribution in [2.75, 3.05) is 19.0 Å². The number of rotatable bonds is 4. The summed E-state index contributed by atoms with van der Waals surface area (Å²) in [4.78, 5) is 25.2. The van der Waals surface area contributed by atoms with Crippen molar-refractivity contribution in [3.05, 3.63) is 35.9 Å². The first kappa shape index (κ1) is 16.6. The van der Waals surface area contributed by atoms with Crippen molar-refractivity contribution >= 4 is 23.6 Å². The van der Waals surface area contributed by atoms with E-state index in [9.17, 15) is 9.59 Å². The van der Waals surface area contributed by atoms with Crippen molar-refractivity contribution in [3.63, 3.8) is 0 Å². The fraction of sp³-hybridized carbons (Fsp3) is 0.500. The molecule has 1 saturated heterocycles. The van der Waals surface area contributed by atoms with Crippen LogP contribution in [0.25, 0.3) is 0 Å². The molecule has 1 atom stereocenters. The van der Waals surface area contributed by atoms with Gasteiger partial charge in [-0.25, -0.2) is 4.79 Å². The SMILES string of the molecule is O=C(NC1CCCN(C(=O)CCl)CC1)OCc1ccccc1. The van der Waals surface area contributed by atoms with E-state index < -0.39 is 6.09 Å². The Morgan fingerprint density at radius 3 is 2.73 bits per heavy atom. The zero-order valence-corrected chi connectivity index (χ0v) is 13.2. The largest absolute Gasteiger partial charge is 0.445 e. The zero-order valence-electron chi connectivity index (χ0n) is 12.5. The number of amides is 2. The second kappa shape index (κ2) is 8.63. The molecule has 120 valence electrons. The third kappa shape index (κ3) is 5.22. The van der Waals surface area contributed by atoms with Gasteiger partial charge in [0.2, 0.25) is 5.91 Å². The van der Waals surface area contributed by atoms with Gasteiger partial charge in [-0.15, -0.1) is 11.6 Å². The Kier molecular flexibility index (Phi) is 6.52. The molecule has 1 aromatic carbocycles. The van der Waals surface area contributed by atoms with E-state index in [2.05, 4.69) is 5.32 Å². The molecule has 0 radical (unpaired) electrons. The average Bonchev–Trinajstić information content (AvgIpc) is 2.79. The number of carbonyl (C=O) groups is 2. The molecule has 0 bridgehead atoms. The zero-order chi connectivity index (χ0) is 15.8. The molecule has 1 N–H and O–H groups in total. The van der Waals surface area contributed by atoms with Crippen molar-refractivity contribution in [3.8, 4) is 0 Å². The van der Waals surface area contributed by atoms with Crippen LogP contribution in [-0.4, -0.2) is 41.9 Å². The summed E-state index contributed by atoms with van der Waals surface area (Å²) in [5.41, 5.74) is 0.956. The van der Waals surface area contributed by atoms with E-state index in [1.54, 1.807) is 4.90 Å². The standard InChI is InChI=1S/C16H21ClN2O3/c17-11-15(20)19-9-4-7-14(8-10-19)18-16(21)22-12-13-5-2-1-3-6-13/h1-3,5-6,14H,4,7-12H2,(H,18,21). The fourth-order valence-electron chi connectivity index (χ4n) is 2.51. The summed E-state index contributed by atoms with van der Waals surface area (Å²) in [6, 6.07) is 9.59. The molecule has 1 aliphatic heterocycles. The first-order valence-corrected chi connectivity index (χ1v) is 8.03. The number of alkyl halides is 1. The lowest BCUT2D eigenvalue weighted by atomic mass is 10.1. The highest BCUT2D eigenvalue weighted by Gasteiger charge is 2.21. The van der Waals surface area contributed by atoms with Crippen LogP contribution in [0.15, 0.2) is 30.3 Å². The number of alkyl carbamates (subject to hydrolysis) is 1. The lowest BCUT2D eigenvalue weighted by molar-refractivity contribution is -0.128. The molecule has 2 rings (SSSR count). The summed E-state index contributed by atoms with van der Waals surface area (Å²) in [7, 11) is 0. The van der Waals surface area contributed by atoms with E-state index in [-0.39, 0.29) is 24.4 Å². The highest BCUT2D eigenvalue weighted by molar-refractivity contribution is 6.27. The van der Waals surface area contributed by atoms with E-state index in [4.69, 9.17) is 16.3 Å². The van der Waals surface area contributed by atoms with E-state index in [1.807, 2.05) is 30.3 Å². The average molecular weight is 325 g/mol. The molecular formula is C16H21ClN2O3. The minimum Gasteiger partial charge on any atom is -0.445 e.